The molecule has 1 heterocycles. The van der Waals surface area contributed by atoms with E-state index in [0.717, 1.165) is 5.56 Å². The second-order valence-corrected chi connectivity index (χ2v) is 5.35. The first kappa shape index (κ1) is 15.0. The number of nitro groups is 1. The van der Waals surface area contributed by atoms with Gasteiger partial charge in [-0.3, -0.25) is 10.1 Å². The second-order valence-electron chi connectivity index (χ2n) is 5.35. The van der Waals surface area contributed by atoms with Gasteiger partial charge in [0.2, 0.25) is 5.82 Å². The van der Waals surface area contributed by atoms with Crippen LogP contribution in [0.25, 0.3) is 0 Å². The Bertz CT molecular complexity index is 635. The first-order valence-electron chi connectivity index (χ1n) is 6.96. The summed E-state index contributed by atoms with van der Waals surface area (Å²) in [5.41, 5.74) is 1.55. The van der Waals surface area contributed by atoms with Crippen LogP contribution in [0.3, 0.4) is 0 Å². The number of rotatable bonds is 5. The quantitative estimate of drug-likeness (QED) is 0.670. The van der Waals surface area contributed by atoms with Crippen molar-refractivity contribution in [3.05, 3.63) is 51.7 Å². The molecule has 0 bridgehead atoms. The third-order valence-corrected chi connectivity index (χ3v) is 3.38. The monoisotopic (exact) mass is 288 g/mol. The lowest BCUT2D eigenvalue weighted by Crippen LogP contribution is -2.14. The molecule has 0 aliphatic rings. The molecule has 0 radical (unpaired) electrons. The lowest BCUT2D eigenvalue weighted by molar-refractivity contribution is -0.384. The van der Waals surface area contributed by atoms with Crippen molar-refractivity contribution in [2.75, 3.05) is 5.32 Å². The molecule has 0 aliphatic carbocycles. The molecule has 2 aromatic rings. The van der Waals surface area contributed by atoms with Crippen LogP contribution in [-0.2, 0) is 0 Å². The lowest BCUT2D eigenvalue weighted by Gasteiger charge is -2.17. The lowest BCUT2D eigenvalue weighted by atomic mass is 10.1. The molecular weight excluding hydrogens is 268 g/mol. The van der Waals surface area contributed by atoms with Crippen LogP contribution in [0.4, 0.5) is 11.5 Å². The normalized spacial score (nSPS) is 12.4. The van der Waals surface area contributed by atoms with Crippen molar-refractivity contribution >= 4 is 11.5 Å². The van der Waals surface area contributed by atoms with Crippen molar-refractivity contribution in [1.29, 1.82) is 0 Å². The van der Waals surface area contributed by atoms with E-state index in [0.29, 0.717) is 11.5 Å². The van der Waals surface area contributed by atoms with Crippen LogP contribution in [0, 0.1) is 17.0 Å². The summed E-state index contributed by atoms with van der Waals surface area (Å²) in [6, 6.07) is 9.83. The first-order valence-corrected chi connectivity index (χ1v) is 6.96. The minimum atomic E-state index is -0.374. The van der Waals surface area contributed by atoms with Crippen molar-refractivity contribution in [3.63, 3.8) is 0 Å². The summed E-state index contributed by atoms with van der Waals surface area (Å²) in [7, 11) is 0. The van der Waals surface area contributed by atoms with Gasteiger partial charge in [-0.1, -0.05) is 30.3 Å². The molecule has 0 amide bonds. The summed E-state index contributed by atoms with van der Waals surface area (Å²) in [6.07, 6.45) is 0. The fourth-order valence-corrected chi connectivity index (χ4v) is 2.30. The van der Waals surface area contributed by atoms with E-state index >= 15 is 0 Å². The Morgan fingerprint density at radius 1 is 1.24 bits per heavy atom. The smallest absolute Gasteiger partial charge is 0.333 e. The van der Waals surface area contributed by atoms with Gasteiger partial charge in [-0.05, 0) is 33.3 Å². The molecule has 6 heteroatoms. The summed E-state index contributed by atoms with van der Waals surface area (Å²) in [5, 5.41) is 18.8. The van der Waals surface area contributed by atoms with Gasteiger partial charge in [-0.15, -0.1) is 0 Å². The Hall–Kier alpha value is -2.37. The average molecular weight is 288 g/mol. The van der Waals surface area contributed by atoms with Crippen LogP contribution < -0.4 is 5.32 Å². The molecule has 1 aromatic heterocycles. The van der Waals surface area contributed by atoms with Crippen molar-refractivity contribution in [2.45, 2.75) is 39.8 Å². The number of aryl methyl sites for hydroxylation is 1. The summed E-state index contributed by atoms with van der Waals surface area (Å²) in [6.45, 7) is 7.55. The standard InChI is InChI=1S/C15H20N4O2/c1-10(2)18-15(14(19(20)21)12(4)17-18)16-11(3)13-8-6-5-7-9-13/h5-11,16H,1-4H3. The Balaban J connectivity index is 2.40. The van der Waals surface area contributed by atoms with E-state index in [4.69, 9.17) is 0 Å². The van der Waals surface area contributed by atoms with Gasteiger partial charge in [-0.25, -0.2) is 4.68 Å². The van der Waals surface area contributed by atoms with Gasteiger partial charge in [0, 0.05) is 6.04 Å². The molecule has 21 heavy (non-hydrogen) atoms. The maximum absolute atomic E-state index is 11.3. The van der Waals surface area contributed by atoms with Crippen molar-refractivity contribution < 1.29 is 4.92 Å². The average Bonchev–Trinajstić information content (AvgIpc) is 2.76. The van der Waals surface area contributed by atoms with Gasteiger partial charge in [0.15, 0.2) is 0 Å². The van der Waals surface area contributed by atoms with E-state index in [1.54, 1.807) is 11.6 Å². The topological polar surface area (TPSA) is 73.0 Å². The van der Waals surface area contributed by atoms with Gasteiger partial charge in [-0.2, -0.15) is 5.10 Å². The van der Waals surface area contributed by atoms with Gasteiger partial charge in [0.05, 0.1) is 11.0 Å². The van der Waals surface area contributed by atoms with E-state index < -0.39 is 0 Å². The summed E-state index contributed by atoms with van der Waals surface area (Å²) in [4.78, 5) is 10.9. The maximum atomic E-state index is 11.3. The molecule has 1 atom stereocenters. The zero-order valence-corrected chi connectivity index (χ0v) is 12.7. The number of anilines is 1. The van der Waals surface area contributed by atoms with Crippen molar-refractivity contribution in [1.82, 2.24) is 9.78 Å². The molecule has 1 N–H and O–H groups in total. The summed E-state index contributed by atoms with van der Waals surface area (Å²) >= 11 is 0. The first-order chi connectivity index (χ1) is 9.91. The molecule has 6 nitrogen and oxygen atoms in total. The fraction of sp³-hybridized carbons (Fsp3) is 0.400. The van der Waals surface area contributed by atoms with E-state index in [2.05, 4.69) is 10.4 Å². The third-order valence-electron chi connectivity index (χ3n) is 3.38. The highest BCUT2D eigenvalue weighted by atomic mass is 16.6. The van der Waals surface area contributed by atoms with Crippen molar-refractivity contribution in [2.24, 2.45) is 0 Å². The Morgan fingerprint density at radius 3 is 2.38 bits per heavy atom. The van der Waals surface area contributed by atoms with E-state index in [-0.39, 0.29) is 22.7 Å². The zero-order valence-electron chi connectivity index (χ0n) is 12.7. The molecule has 1 unspecified atom stereocenters. The maximum Gasteiger partial charge on any atom is 0.333 e. The molecule has 1 aromatic carbocycles. The van der Waals surface area contributed by atoms with Crippen LogP contribution in [0.1, 0.15) is 44.1 Å². The number of hydrogen-bond acceptors (Lipinski definition) is 4. The zero-order chi connectivity index (χ0) is 15.6. The number of hydrogen-bond donors (Lipinski definition) is 1. The van der Waals surface area contributed by atoms with Crippen LogP contribution in [0.2, 0.25) is 0 Å². The van der Waals surface area contributed by atoms with Crippen LogP contribution >= 0.6 is 0 Å². The molecule has 0 fully saturated rings. The van der Waals surface area contributed by atoms with E-state index in [1.807, 2.05) is 51.1 Å². The van der Waals surface area contributed by atoms with Crippen LogP contribution in [-0.4, -0.2) is 14.7 Å². The molecule has 0 saturated heterocycles. The number of nitrogens with zero attached hydrogens (tertiary/aromatic N) is 3. The fourth-order valence-electron chi connectivity index (χ4n) is 2.30. The SMILES string of the molecule is Cc1nn(C(C)C)c(NC(C)c2ccccc2)c1[N+](=O)[O-]. The largest absolute Gasteiger partial charge is 0.358 e. The molecule has 0 spiro atoms. The molecular formula is C15H20N4O2. The highest BCUT2D eigenvalue weighted by Gasteiger charge is 2.27. The van der Waals surface area contributed by atoms with E-state index in [9.17, 15) is 10.1 Å². The Kier molecular flexibility index (Phi) is 4.26. The highest BCUT2D eigenvalue weighted by Crippen LogP contribution is 2.33. The summed E-state index contributed by atoms with van der Waals surface area (Å²) < 4.78 is 1.67. The minimum Gasteiger partial charge on any atom is -0.358 e. The van der Waals surface area contributed by atoms with Crippen LogP contribution in [0.15, 0.2) is 30.3 Å². The Labute approximate surface area is 123 Å². The van der Waals surface area contributed by atoms with E-state index in [1.165, 1.54) is 0 Å². The summed E-state index contributed by atoms with van der Waals surface area (Å²) in [5.74, 6) is 0.462. The molecule has 0 aliphatic heterocycles. The third kappa shape index (κ3) is 3.04. The predicted molar refractivity (Wildman–Crippen MR) is 82.5 cm³/mol. The van der Waals surface area contributed by atoms with Gasteiger partial charge in [0.25, 0.3) is 0 Å². The van der Waals surface area contributed by atoms with Gasteiger partial charge >= 0.3 is 5.69 Å². The number of nitrogens with one attached hydrogen (secondary N) is 1. The molecule has 2 rings (SSSR count). The highest BCUT2D eigenvalue weighted by molar-refractivity contribution is 5.60. The van der Waals surface area contributed by atoms with Crippen LogP contribution in [0.5, 0.6) is 0 Å². The molecule has 0 saturated carbocycles. The number of benzene rings is 1. The number of aromatic nitrogens is 2. The Morgan fingerprint density at radius 2 is 1.86 bits per heavy atom. The second kappa shape index (κ2) is 5.95. The van der Waals surface area contributed by atoms with Gasteiger partial charge in [0.1, 0.15) is 5.69 Å². The predicted octanol–water partition coefficient (Wildman–Crippen LogP) is 3.85. The minimum absolute atomic E-state index is 0.0431. The van der Waals surface area contributed by atoms with Crippen molar-refractivity contribution in [3.8, 4) is 0 Å². The van der Waals surface area contributed by atoms with Gasteiger partial charge < -0.3 is 5.32 Å². The molecule has 112 valence electrons.